The van der Waals surface area contributed by atoms with Gasteiger partial charge >= 0.3 is 0 Å². The molecule has 30 heavy (non-hydrogen) atoms. The molecule has 1 aromatic heterocycles. The third-order valence-electron chi connectivity index (χ3n) is 5.92. The van der Waals surface area contributed by atoms with Crippen molar-refractivity contribution in [2.45, 2.75) is 45.6 Å². The first-order chi connectivity index (χ1) is 14.0. The highest BCUT2D eigenvalue weighted by Gasteiger charge is 2.33. The molecule has 9 heteroatoms. The molecule has 1 atom stereocenters. The van der Waals surface area contributed by atoms with Crippen LogP contribution in [0.3, 0.4) is 0 Å². The van der Waals surface area contributed by atoms with Crippen LogP contribution in [0, 0.1) is 27.7 Å². The SMILES string of the molecule is Cc1ccc(C)c(S(=O)(=O)N2CCN(C(C)C(=O)Nc3c(C)nn(C)c3C)CC2)c1. The van der Waals surface area contributed by atoms with Crippen LogP contribution in [0.4, 0.5) is 5.69 Å². The van der Waals surface area contributed by atoms with Crippen molar-refractivity contribution in [2.75, 3.05) is 31.5 Å². The van der Waals surface area contributed by atoms with Gasteiger partial charge in [-0.3, -0.25) is 14.4 Å². The van der Waals surface area contributed by atoms with Crippen LogP contribution < -0.4 is 5.32 Å². The lowest BCUT2D eigenvalue weighted by atomic mass is 10.2. The van der Waals surface area contributed by atoms with Crippen molar-refractivity contribution in [1.82, 2.24) is 19.0 Å². The summed E-state index contributed by atoms with van der Waals surface area (Å²) >= 11 is 0. The van der Waals surface area contributed by atoms with Crippen LogP contribution in [-0.2, 0) is 21.9 Å². The van der Waals surface area contributed by atoms with Crippen LogP contribution >= 0.6 is 0 Å². The first-order valence-electron chi connectivity index (χ1n) is 10.1. The molecule has 3 rings (SSSR count). The normalized spacial score (nSPS) is 17.1. The second kappa shape index (κ2) is 8.49. The summed E-state index contributed by atoms with van der Waals surface area (Å²) in [5, 5.41) is 7.31. The number of hydrogen-bond donors (Lipinski definition) is 1. The molecule has 1 fully saturated rings. The van der Waals surface area contributed by atoms with E-state index in [0.717, 1.165) is 28.2 Å². The second-order valence-electron chi connectivity index (χ2n) is 8.04. The van der Waals surface area contributed by atoms with E-state index in [9.17, 15) is 13.2 Å². The van der Waals surface area contributed by atoms with Crippen molar-refractivity contribution < 1.29 is 13.2 Å². The second-order valence-corrected chi connectivity index (χ2v) is 9.95. The highest BCUT2D eigenvalue weighted by molar-refractivity contribution is 7.89. The van der Waals surface area contributed by atoms with Crippen molar-refractivity contribution in [1.29, 1.82) is 0 Å². The Hall–Kier alpha value is -2.23. The molecule has 0 saturated carbocycles. The van der Waals surface area contributed by atoms with Crippen LogP contribution in [0.5, 0.6) is 0 Å². The summed E-state index contributed by atoms with van der Waals surface area (Å²) in [6, 6.07) is 5.12. The van der Waals surface area contributed by atoms with Crippen LogP contribution in [0.25, 0.3) is 0 Å². The molecule has 1 aliphatic heterocycles. The van der Waals surface area contributed by atoms with E-state index in [-0.39, 0.29) is 11.9 Å². The van der Waals surface area contributed by atoms with E-state index in [4.69, 9.17) is 0 Å². The van der Waals surface area contributed by atoms with Gasteiger partial charge in [-0.05, 0) is 51.8 Å². The molecule has 1 N–H and O–H groups in total. The number of piperazine rings is 1. The summed E-state index contributed by atoms with van der Waals surface area (Å²) in [5.74, 6) is -0.111. The Labute approximate surface area is 178 Å². The maximum atomic E-state index is 13.1. The number of anilines is 1. The van der Waals surface area contributed by atoms with Crippen LogP contribution in [0.1, 0.15) is 29.4 Å². The average Bonchev–Trinajstić information content (AvgIpc) is 2.95. The first kappa shape index (κ1) is 22.5. The molecule has 0 aliphatic carbocycles. The Bertz CT molecular complexity index is 1050. The molecular weight excluding hydrogens is 402 g/mol. The monoisotopic (exact) mass is 433 g/mol. The van der Waals surface area contributed by atoms with E-state index in [1.54, 1.807) is 10.7 Å². The number of rotatable bonds is 5. The predicted molar refractivity (Wildman–Crippen MR) is 117 cm³/mol. The van der Waals surface area contributed by atoms with Gasteiger partial charge in [0.2, 0.25) is 15.9 Å². The number of amides is 1. The minimum absolute atomic E-state index is 0.111. The fourth-order valence-electron chi connectivity index (χ4n) is 3.80. The summed E-state index contributed by atoms with van der Waals surface area (Å²) in [6.07, 6.45) is 0. The molecule has 164 valence electrons. The Balaban J connectivity index is 1.66. The van der Waals surface area contributed by atoms with Gasteiger partial charge in [-0.15, -0.1) is 0 Å². The van der Waals surface area contributed by atoms with Crippen LogP contribution in [0.2, 0.25) is 0 Å². The van der Waals surface area contributed by atoms with E-state index >= 15 is 0 Å². The number of sulfonamides is 1. The summed E-state index contributed by atoms with van der Waals surface area (Å²) in [5.41, 5.74) is 4.09. The van der Waals surface area contributed by atoms with Gasteiger partial charge in [-0.25, -0.2) is 8.42 Å². The first-order valence-corrected chi connectivity index (χ1v) is 11.6. The van der Waals surface area contributed by atoms with Crippen LogP contribution in [0.15, 0.2) is 23.1 Å². The number of carbonyl (C=O) groups is 1. The number of carbonyl (C=O) groups excluding carboxylic acids is 1. The van der Waals surface area contributed by atoms with Gasteiger partial charge in [0.15, 0.2) is 0 Å². The number of aromatic nitrogens is 2. The van der Waals surface area contributed by atoms with E-state index in [2.05, 4.69) is 10.4 Å². The molecule has 1 aliphatic rings. The zero-order chi connectivity index (χ0) is 22.2. The standard InChI is InChI=1S/C21H31N5O3S/c1-14-7-8-15(2)19(13-14)30(28,29)26-11-9-25(10-12-26)18(5)21(27)22-20-16(3)23-24(6)17(20)4/h7-8,13,18H,9-12H2,1-6H3,(H,22,27). The highest BCUT2D eigenvalue weighted by Crippen LogP contribution is 2.23. The highest BCUT2D eigenvalue weighted by atomic mass is 32.2. The van der Waals surface area contributed by atoms with Crippen molar-refractivity contribution >= 4 is 21.6 Å². The molecule has 0 bridgehead atoms. The number of benzene rings is 1. The Morgan fingerprint density at radius 2 is 1.73 bits per heavy atom. The third-order valence-corrected chi connectivity index (χ3v) is 7.96. The smallest absolute Gasteiger partial charge is 0.243 e. The molecular formula is C21H31N5O3S. The van der Waals surface area contributed by atoms with Gasteiger partial charge in [0.05, 0.1) is 28.0 Å². The van der Waals surface area contributed by atoms with Gasteiger partial charge in [0.25, 0.3) is 0 Å². The molecule has 2 aromatic rings. The topological polar surface area (TPSA) is 87.5 Å². The Kier molecular flexibility index (Phi) is 6.35. The molecule has 0 spiro atoms. The van der Waals surface area contributed by atoms with Crippen LogP contribution in [-0.4, -0.2) is 65.5 Å². The Morgan fingerprint density at radius 1 is 1.10 bits per heavy atom. The fraction of sp³-hybridized carbons (Fsp3) is 0.524. The van der Waals surface area contributed by atoms with E-state index < -0.39 is 10.0 Å². The zero-order valence-electron chi connectivity index (χ0n) is 18.6. The number of hydrogen-bond acceptors (Lipinski definition) is 5. The molecule has 1 unspecified atom stereocenters. The number of aryl methyl sites for hydroxylation is 4. The molecule has 1 aromatic carbocycles. The maximum Gasteiger partial charge on any atom is 0.243 e. The number of nitrogens with zero attached hydrogens (tertiary/aromatic N) is 4. The third kappa shape index (κ3) is 4.28. The van der Waals surface area contributed by atoms with E-state index in [1.807, 2.05) is 58.7 Å². The fourth-order valence-corrected chi connectivity index (χ4v) is 5.54. The van der Waals surface area contributed by atoms with Gasteiger partial charge in [-0.2, -0.15) is 9.40 Å². The van der Waals surface area contributed by atoms with Crippen molar-refractivity contribution in [3.8, 4) is 0 Å². The largest absolute Gasteiger partial charge is 0.322 e. The lowest BCUT2D eigenvalue weighted by molar-refractivity contribution is -0.121. The lowest BCUT2D eigenvalue weighted by Gasteiger charge is -2.37. The summed E-state index contributed by atoms with van der Waals surface area (Å²) in [4.78, 5) is 15.2. The summed E-state index contributed by atoms with van der Waals surface area (Å²) in [7, 11) is -1.70. The summed E-state index contributed by atoms with van der Waals surface area (Å²) < 4.78 is 29.5. The van der Waals surface area contributed by atoms with E-state index in [0.29, 0.717) is 31.1 Å². The molecule has 8 nitrogen and oxygen atoms in total. The van der Waals surface area contributed by atoms with Gasteiger partial charge in [0.1, 0.15) is 0 Å². The lowest BCUT2D eigenvalue weighted by Crippen LogP contribution is -2.54. The molecule has 1 saturated heterocycles. The minimum Gasteiger partial charge on any atom is -0.322 e. The van der Waals surface area contributed by atoms with Gasteiger partial charge in [0, 0.05) is 33.2 Å². The molecule has 2 heterocycles. The predicted octanol–water partition coefficient (Wildman–Crippen LogP) is 1.99. The van der Waals surface area contributed by atoms with E-state index in [1.165, 1.54) is 4.31 Å². The van der Waals surface area contributed by atoms with Gasteiger partial charge in [-0.1, -0.05) is 12.1 Å². The van der Waals surface area contributed by atoms with Crippen molar-refractivity contribution in [3.05, 3.63) is 40.7 Å². The Morgan fingerprint density at radius 3 is 2.30 bits per heavy atom. The molecule has 1 amide bonds. The quantitative estimate of drug-likeness (QED) is 0.779. The number of nitrogens with one attached hydrogen (secondary N) is 1. The van der Waals surface area contributed by atoms with Crippen molar-refractivity contribution in [3.63, 3.8) is 0 Å². The van der Waals surface area contributed by atoms with Crippen molar-refractivity contribution in [2.24, 2.45) is 7.05 Å². The zero-order valence-corrected chi connectivity index (χ0v) is 19.4. The molecule has 0 radical (unpaired) electrons. The summed E-state index contributed by atoms with van der Waals surface area (Å²) in [6.45, 7) is 11.1. The van der Waals surface area contributed by atoms with Gasteiger partial charge < -0.3 is 5.32 Å². The average molecular weight is 434 g/mol. The maximum absolute atomic E-state index is 13.1. The minimum atomic E-state index is -3.55.